The maximum Gasteiger partial charge on any atom is 0.133 e. The third-order valence-corrected chi connectivity index (χ3v) is 2.58. The summed E-state index contributed by atoms with van der Waals surface area (Å²) in [5, 5.41) is 8.28. The van der Waals surface area contributed by atoms with Crippen LogP contribution < -0.4 is 10.6 Å². The van der Waals surface area contributed by atoms with Gasteiger partial charge in [0.25, 0.3) is 0 Å². The Hall–Kier alpha value is -1.03. The summed E-state index contributed by atoms with van der Waals surface area (Å²) in [4.78, 5) is 2.82. The van der Waals surface area contributed by atoms with Crippen molar-refractivity contribution in [1.82, 2.24) is 0 Å². The van der Waals surface area contributed by atoms with Crippen LogP contribution >= 0.6 is 11.3 Å². The number of hydrogen-bond acceptors (Lipinski definition) is 3. The lowest BCUT2D eigenvalue weighted by atomic mass is 10.4. The van der Waals surface area contributed by atoms with Gasteiger partial charge in [-0.15, -0.1) is 11.3 Å². The van der Waals surface area contributed by atoms with Crippen molar-refractivity contribution >= 4 is 22.2 Å². The van der Waals surface area contributed by atoms with Crippen LogP contribution in [0, 0.1) is 5.41 Å². The lowest BCUT2D eigenvalue weighted by Crippen LogP contribution is -2.08. The van der Waals surface area contributed by atoms with Gasteiger partial charge >= 0.3 is 0 Å². The number of hydrogen-bond donors (Lipinski definition) is 2. The molecular formula is C7H11N3S. The molecule has 0 spiro atoms. The van der Waals surface area contributed by atoms with E-state index < -0.39 is 0 Å². The van der Waals surface area contributed by atoms with E-state index in [9.17, 15) is 0 Å². The summed E-state index contributed by atoms with van der Waals surface area (Å²) in [6, 6.07) is 3.82. The molecule has 0 aliphatic heterocycles. The Balaban J connectivity index is 2.90. The third-order valence-electron chi connectivity index (χ3n) is 1.30. The molecule has 0 fully saturated rings. The molecule has 0 aliphatic carbocycles. The van der Waals surface area contributed by atoms with Crippen molar-refractivity contribution in [3.05, 3.63) is 17.0 Å². The van der Waals surface area contributed by atoms with Crippen molar-refractivity contribution < 1.29 is 0 Å². The molecule has 1 rings (SSSR count). The highest BCUT2D eigenvalue weighted by Gasteiger charge is 2.02. The Morgan fingerprint density at radius 1 is 1.55 bits per heavy atom. The van der Waals surface area contributed by atoms with Gasteiger partial charge in [-0.3, -0.25) is 5.41 Å². The standard InChI is InChI=1S/C7H11N3S/c1-10(2)6-4-3-5(11-6)7(8)9/h3-4H,1-2H3,(H3,8,9). The van der Waals surface area contributed by atoms with Gasteiger partial charge in [-0.05, 0) is 12.1 Å². The molecule has 0 unspecified atom stereocenters. The molecule has 1 aromatic rings. The van der Waals surface area contributed by atoms with E-state index in [0.29, 0.717) is 0 Å². The monoisotopic (exact) mass is 169 g/mol. The summed E-state index contributed by atoms with van der Waals surface area (Å²) >= 11 is 1.53. The number of thiophene rings is 1. The molecule has 1 aromatic heterocycles. The van der Waals surface area contributed by atoms with E-state index in [2.05, 4.69) is 0 Å². The Bertz CT molecular complexity index is 264. The van der Waals surface area contributed by atoms with Crippen molar-refractivity contribution in [2.45, 2.75) is 0 Å². The Labute approximate surface area is 70.0 Å². The molecular weight excluding hydrogens is 158 g/mol. The molecule has 0 saturated carbocycles. The van der Waals surface area contributed by atoms with Crippen molar-refractivity contribution in [2.75, 3.05) is 19.0 Å². The molecule has 3 N–H and O–H groups in total. The average molecular weight is 169 g/mol. The molecule has 11 heavy (non-hydrogen) atoms. The zero-order valence-electron chi connectivity index (χ0n) is 6.59. The smallest absolute Gasteiger partial charge is 0.133 e. The molecule has 0 aliphatic rings. The summed E-state index contributed by atoms with van der Waals surface area (Å²) < 4.78 is 0. The second kappa shape index (κ2) is 2.92. The van der Waals surface area contributed by atoms with Crippen LogP contribution in [-0.4, -0.2) is 19.9 Å². The summed E-state index contributed by atoms with van der Waals surface area (Å²) in [7, 11) is 3.94. The predicted molar refractivity (Wildman–Crippen MR) is 49.7 cm³/mol. The zero-order valence-corrected chi connectivity index (χ0v) is 7.40. The molecule has 1 heterocycles. The highest BCUT2D eigenvalue weighted by Crippen LogP contribution is 2.23. The predicted octanol–water partition coefficient (Wildman–Crippen LogP) is 1.10. The van der Waals surface area contributed by atoms with Crippen LogP contribution in [0.3, 0.4) is 0 Å². The minimum Gasteiger partial charge on any atom is -0.383 e. The average Bonchev–Trinajstić information content (AvgIpc) is 2.33. The van der Waals surface area contributed by atoms with Crippen molar-refractivity contribution in [3.8, 4) is 0 Å². The van der Waals surface area contributed by atoms with Gasteiger partial charge in [0.1, 0.15) is 5.84 Å². The fourth-order valence-electron chi connectivity index (χ4n) is 0.713. The minimum absolute atomic E-state index is 0.142. The number of amidine groups is 1. The molecule has 0 bridgehead atoms. The van der Waals surface area contributed by atoms with Gasteiger partial charge in [-0.1, -0.05) is 0 Å². The van der Waals surface area contributed by atoms with E-state index >= 15 is 0 Å². The van der Waals surface area contributed by atoms with Crippen molar-refractivity contribution in [3.63, 3.8) is 0 Å². The number of anilines is 1. The number of nitrogens with two attached hydrogens (primary N) is 1. The Morgan fingerprint density at radius 2 is 2.18 bits per heavy atom. The van der Waals surface area contributed by atoms with E-state index in [1.165, 1.54) is 11.3 Å². The van der Waals surface area contributed by atoms with Gasteiger partial charge in [-0.25, -0.2) is 0 Å². The molecule has 60 valence electrons. The van der Waals surface area contributed by atoms with Gasteiger partial charge in [0.2, 0.25) is 0 Å². The highest BCUT2D eigenvalue weighted by atomic mass is 32.1. The zero-order chi connectivity index (χ0) is 8.43. The maximum absolute atomic E-state index is 7.16. The van der Waals surface area contributed by atoms with Crippen LogP contribution in [0.15, 0.2) is 12.1 Å². The molecule has 0 radical (unpaired) electrons. The van der Waals surface area contributed by atoms with E-state index in [0.717, 1.165) is 9.88 Å². The fraction of sp³-hybridized carbons (Fsp3) is 0.286. The molecule has 4 heteroatoms. The van der Waals surface area contributed by atoms with Crippen molar-refractivity contribution in [1.29, 1.82) is 5.41 Å². The highest BCUT2D eigenvalue weighted by molar-refractivity contribution is 7.18. The minimum atomic E-state index is 0.142. The first-order chi connectivity index (χ1) is 5.11. The Morgan fingerprint density at radius 3 is 2.45 bits per heavy atom. The molecule has 0 aromatic carbocycles. The lowest BCUT2D eigenvalue weighted by molar-refractivity contribution is 1.16. The summed E-state index contributed by atoms with van der Waals surface area (Å²) in [5.41, 5.74) is 5.30. The summed E-state index contributed by atoms with van der Waals surface area (Å²) in [5.74, 6) is 0.142. The van der Waals surface area contributed by atoms with Crippen LogP contribution in [-0.2, 0) is 0 Å². The molecule has 0 saturated heterocycles. The summed E-state index contributed by atoms with van der Waals surface area (Å²) in [6.45, 7) is 0. The first-order valence-electron chi connectivity index (χ1n) is 3.23. The largest absolute Gasteiger partial charge is 0.383 e. The van der Waals surface area contributed by atoms with Gasteiger partial charge in [0.05, 0.1) is 9.88 Å². The van der Waals surface area contributed by atoms with E-state index in [1.54, 1.807) is 0 Å². The first kappa shape index (κ1) is 8.07. The second-order valence-corrected chi connectivity index (χ2v) is 3.51. The van der Waals surface area contributed by atoms with Crippen LogP contribution in [0.25, 0.3) is 0 Å². The number of nitrogen functional groups attached to an aromatic ring is 1. The molecule has 0 amide bonds. The van der Waals surface area contributed by atoms with Gasteiger partial charge in [0, 0.05) is 14.1 Å². The van der Waals surface area contributed by atoms with Crippen LogP contribution in [0.2, 0.25) is 0 Å². The number of rotatable bonds is 2. The van der Waals surface area contributed by atoms with E-state index in [-0.39, 0.29) is 5.84 Å². The second-order valence-electron chi connectivity index (χ2n) is 2.45. The van der Waals surface area contributed by atoms with E-state index in [1.807, 2.05) is 31.1 Å². The molecule has 3 nitrogen and oxygen atoms in total. The number of nitrogens with one attached hydrogen (secondary N) is 1. The fourth-order valence-corrected chi connectivity index (χ4v) is 1.50. The quantitative estimate of drug-likeness (QED) is 0.514. The maximum atomic E-state index is 7.16. The normalized spacial score (nSPS) is 9.64. The van der Waals surface area contributed by atoms with Crippen LogP contribution in [0.5, 0.6) is 0 Å². The van der Waals surface area contributed by atoms with Crippen LogP contribution in [0.4, 0.5) is 5.00 Å². The SMILES string of the molecule is CN(C)c1ccc(C(=N)N)s1. The van der Waals surface area contributed by atoms with Gasteiger partial charge in [-0.2, -0.15) is 0 Å². The van der Waals surface area contributed by atoms with Crippen molar-refractivity contribution in [2.24, 2.45) is 5.73 Å². The van der Waals surface area contributed by atoms with Gasteiger partial charge in [0.15, 0.2) is 0 Å². The number of nitrogens with zero attached hydrogens (tertiary/aromatic N) is 1. The summed E-state index contributed by atoms with van der Waals surface area (Å²) in [6.07, 6.45) is 0. The van der Waals surface area contributed by atoms with E-state index in [4.69, 9.17) is 11.1 Å². The Kier molecular flexibility index (Phi) is 2.14. The lowest BCUT2D eigenvalue weighted by Gasteiger charge is -2.06. The third kappa shape index (κ3) is 1.71. The van der Waals surface area contributed by atoms with Crippen LogP contribution in [0.1, 0.15) is 4.88 Å². The van der Waals surface area contributed by atoms with Gasteiger partial charge < -0.3 is 10.6 Å². The topological polar surface area (TPSA) is 53.1 Å². The first-order valence-corrected chi connectivity index (χ1v) is 4.04. The molecule has 0 atom stereocenters.